The van der Waals surface area contributed by atoms with Crippen LogP contribution in [0.5, 0.6) is 0 Å². The van der Waals surface area contributed by atoms with Gasteiger partial charge < -0.3 is 15.5 Å². The molecule has 1 heterocycles. The number of benzene rings is 1. The Bertz CT molecular complexity index is 588. The van der Waals surface area contributed by atoms with Gasteiger partial charge in [-0.25, -0.2) is 0 Å². The lowest BCUT2D eigenvalue weighted by molar-refractivity contribution is 0.0871. The van der Waals surface area contributed by atoms with Crippen LogP contribution in [-0.2, 0) is 0 Å². The van der Waals surface area contributed by atoms with Crippen molar-refractivity contribution in [2.24, 2.45) is 11.7 Å². The fourth-order valence-electron chi connectivity index (χ4n) is 2.45. The van der Waals surface area contributed by atoms with Gasteiger partial charge in [0.05, 0.1) is 5.54 Å². The van der Waals surface area contributed by atoms with Gasteiger partial charge in [-0.2, -0.15) is 0 Å². The molecule has 5 heteroatoms. The molecule has 1 atom stereocenters. The van der Waals surface area contributed by atoms with Crippen molar-refractivity contribution < 1.29 is 9.21 Å². The van der Waals surface area contributed by atoms with Crippen LogP contribution in [-0.4, -0.2) is 18.0 Å². The number of nitrogens with one attached hydrogen (secondary N) is 1. The first-order chi connectivity index (χ1) is 9.12. The van der Waals surface area contributed by atoms with Gasteiger partial charge in [0.1, 0.15) is 5.58 Å². The summed E-state index contributed by atoms with van der Waals surface area (Å²) in [6, 6.07) is 9.37. The number of hydrogen-bond donors (Lipinski definition) is 2. The number of carbonyl (C=O) groups excluding carboxylic acids is 1. The van der Waals surface area contributed by atoms with E-state index in [-0.39, 0.29) is 23.9 Å². The Morgan fingerprint density at radius 3 is 2.75 bits per heavy atom. The minimum absolute atomic E-state index is 0. The molecule has 1 aromatic heterocycles. The van der Waals surface area contributed by atoms with Gasteiger partial charge in [-0.15, -0.1) is 12.4 Å². The molecule has 2 aromatic rings. The third-order valence-corrected chi connectivity index (χ3v) is 3.95. The van der Waals surface area contributed by atoms with Crippen LogP contribution in [0.1, 0.15) is 30.3 Å². The van der Waals surface area contributed by atoms with E-state index in [1.807, 2.05) is 31.2 Å². The van der Waals surface area contributed by atoms with E-state index in [4.69, 9.17) is 10.2 Å². The highest BCUT2D eigenvalue weighted by Gasteiger charge is 2.42. The van der Waals surface area contributed by atoms with E-state index in [0.717, 1.165) is 23.8 Å². The first-order valence-corrected chi connectivity index (χ1v) is 6.63. The van der Waals surface area contributed by atoms with Gasteiger partial charge in [-0.3, -0.25) is 4.79 Å². The molecule has 0 spiro atoms. The summed E-state index contributed by atoms with van der Waals surface area (Å²) >= 11 is 0. The quantitative estimate of drug-likeness (QED) is 0.911. The van der Waals surface area contributed by atoms with Crippen LogP contribution in [0.3, 0.4) is 0 Å². The van der Waals surface area contributed by atoms with Crippen molar-refractivity contribution in [1.29, 1.82) is 0 Å². The van der Waals surface area contributed by atoms with Crippen molar-refractivity contribution in [3.05, 3.63) is 36.1 Å². The first kappa shape index (κ1) is 14.9. The van der Waals surface area contributed by atoms with Gasteiger partial charge in [-0.1, -0.05) is 18.2 Å². The van der Waals surface area contributed by atoms with Crippen molar-refractivity contribution in [3.8, 4) is 0 Å². The highest BCUT2D eigenvalue weighted by molar-refractivity contribution is 5.96. The van der Waals surface area contributed by atoms with Crippen molar-refractivity contribution >= 4 is 29.3 Å². The molecule has 20 heavy (non-hydrogen) atoms. The number of rotatable bonds is 4. The Labute approximate surface area is 124 Å². The molecule has 3 N–H and O–H groups in total. The molecule has 1 fully saturated rings. The summed E-state index contributed by atoms with van der Waals surface area (Å²) in [7, 11) is 0. The van der Waals surface area contributed by atoms with Crippen LogP contribution in [0.25, 0.3) is 11.0 Å². The molecule has 1 aliphatic carbocycles. The van der Waals surface area contributed by atoms with E-state index in [0.29, 0.717) is 18.2 Å². The molecule has 0 radical (unpaired) electrons. The number of carbonyl (C=O) groups is 1. The smallest absolute Gasteiger partial charge is 0.287 e. The third kappa shape index (κ3) is 2.67. The lowest BCUT2D eigenvalue weighted by Gasteiger charge is -2.28. The molecule has 1 unspecified atom stereocenters. The summed E-state index contributed by atoms with van der Waals surface area (Å²) in [6.07, 6.45) is 2.27. The van der Waals surface area contributed by atoms with Crippen LogP contribution in [0.2, 0.25) is 0 Å². The summed E-state index contributed by atoms with van der Waals surface area (Å²) in [4.78, 5) is 12.3. The van der Waals surface area contributed by atoms with Crippen LogP contribution in [0.15, 0.2) is 34.7 Å². The highest BCUT2D eigenvalue weighted by atomic mass is 35.5. The van der Waals surface area contributed by atoms with Crippen LogP contribution >= 0.6 is 12.4 Å². The molecular weight excluding hydrogens is 276 g/mol. The van der Waals surface area contributed by atoms with Gasteiger partial charge in [0.15, 0.2) is 5.76 Å². The zero-order valence-corrected chi connectivity index (χ0v) is 12.2. The highest BCUT2D eigenvalue weighted by Crippen LogP contribution is 2.39. The van der Waals surface area contributed by atoms with Gasteiger partial charge >= 0.3 is 0 Å². The average Bonchev–Trinajstić information content (AvgIpc) is 3.18. The fourth-order valence-corrected chi connectivity index (χ4v) is 2.45. The van der Waals surface area contributed by atoms with E-state index in [1.165, 1.54) is 0 Å². The second-order valence-electron chi connectivity index (χ2n) is 5.50. The number of halogens is 1. The van der Waals surface area contributed by atoms with Crippen molar-refractivity contribution in [1.82, 2.24) is 5.32 Å². The Hall–Kier alpha value is -1.52. The number of para-hydroxylation sites is 1. The van der Waals surface area contributed by atoms with E-state index in [2.05, 4.69) is 5.32 Å². The largest absolute Gasteiger partial charge is 0.451 e. The van der Waals surface area contributed by atoms with Gasteiger partial charge in [-0.05, 0) is 37.8 Å². The van der Waals surface area contributed by atoms with Gasteiger partial charge in [0, 0.05) is 11.9 Å². The normalized spacial score (nSPS) is 17.3. The molecule has 4 nitrogen and oxygen atoms in total. The number of nitrogens with two attached hydrogens (primary N) is 1. The Kier molecular flexibility index (Phi) is 4.06. The first-order valence-electron chi connectivity index (χ1n) is 6.63. The van der Waals surface area contributed by atoms with Crippen LogP contribution < -0.4 is 11.1 Å². The van der Waals surface area contributed by atoms with Gasteiger partial charge in [0.25, 0.3) is 5.91 Å². The maximum Gasteiger partial charge on any atom is 0.287 e. The van der Waals surface area contributed by atoms with Crippen molar-refractivity contribution in [2.75, 3.05) is 6.54 Å². The van der Waals surface area contributed by atoms with E-state index in [9.17, 15) is 4.79 Å². The maximum absolute atomic E-state index is 12.3. The molecule has 108 valence electrons. The van der Waals surface area contributed by atoms with E-state index < -0.39 is 0 Å². The summed E-state index contributed by atoms with van der Waals surface area (Å²) in [6.45, 7) is 2.45. The molecule has 1 aromatic carbocycles. The average molecular weight is 295 g/mol. The van der Waals surface area contributed by atoms with Crippen LogP contribution in [0, 0.1) is 5.92 Å². The molecule has 1 amide bonds. The third-order valence-electron chi connectivity index (χ3n) is 3.95. The minimum Gasteiger partial charge on any atom is -0.451 e. The fraction of sp³-hybridized carbons (Fsp3) is 0.400. The molecule has 0 aliphatic heterocycles. The summed E-state index contributed by atoms with van der Waals surface area (Å²) < 4.78 is 5.57. The number of amides is 1. The molecule has 3 rings (SSSR count). The number of fused-ring (bicyclic) bond motifs is 1. The number of hydrogen-bond acceptors (Lipinski definition) is 3. The van der Waals surface area contributed by atoms with Crippen LogP contribution in [0.4, 0.5) is 0 Å². The summed E-state index contributed by atoms with van der Waals surface area (Å²) in [5, 5.41) is 3.96. The lowest BCUT2D eigenvalue weighted by atomic mass is 9.96. The zero-order valence-electron chi connectivity index (χ0n) is 11.4. The molecule has 0 saturated heterocycles. The monoisotopic (exact) mass is 294 g/mol. The van der Waals surface area contributed by atoms with E-state index >= 15 is 0 Å². The Morgan fingerprint density at radius 2 is 2.15 bits per heavy atom. The summed E-state index contributed by atoms with van der Waals surface area (Å²) in [5.41, 5.74) is 6.21. The maximum atomic E-state index is 12.3. The molecule has 1 aliphatic rings. The topological polar surface area (TPSA) is 68.3 Å². The zero-order chi connectivity index (χ0) is 13.5. The second kappa shape index (κ2) is 5.46. The van der Waals surface area contributed by atoms with Gasteiger partial charge in [0.2, 0.25) is 0 Å². The second-order valence-corrected chi connectivity index (χ2v) is 5.50. The number of furan rings is 1. The minimum atomic E-state index is -0.323. The molecular formula is C15H19ClN2O2. The SMILES string of the molecule is CC(CN)(NC(=O)c1cc2ccccc2o1)C1CC1.Cl. The Balaban J connectivity index is 0.00000147. The molecule has 1 saturated carbocycles. The lowest BCUT2D eigenvalue weighted by Crippen LogP contribution is -2.53. The Morgan fingerprint density at radius 1 is 1.45 bits per heavy atom. The predicted octanol–water partition coefficient (Wildman–Crippen LogP) is 2.71. The van der Waals surface area contributed by atoms with Crippen molar-refractivity contribution in [3.63, 3.8) is 0 Å². The molecule has 0 bridgehead atoms. The van der Waals surface area contributed by atoms with Crippen molar-refractivity contribution in [2.45, 2.75) is 25.3 Å². The predicted molar refractivity (Wildman–Crippen MR) is 81.1 cm³/mol. The van der Waals surface area contributed by atoms with E-state index in [1.54, 1.807) is 6.07 Å². The summed E-state index contributed by atoms with van der Waals surface area (Å²) in [5.74, 6) is 0.656. The standard InChI is InChI=1S/C15H18N2O2.ClH/c1-15(9-16,11-6-7-11)17-14(18)13-8-10-4-2-3-5-12(10)19-13;/h2-5,8,11H,6-7,9,16H2,1H3,(H,17,18);1H.